The first kappa shape index (κ1) is 35.9. The number of primary amides is 1. The monoisotopic (exact) mass is 638 g/mol. The lowest BCUT2D eigenvalue weighted by atomic mass is 10.0. The number of unbranched alkanes of at least 4 members (excludes halogenated alkanes) is 2. The number of amides is 6. The molecule has 0 aliphatic heterocycles. The van der Waals surface area contributed by atoms with Gasteiger partial charge in [0.1, 0.15) is 12.1 Å². The maximum atomic E-state index is 13.2. The van der Waals surface area contributed by atoms with Crippen molar-refractivity contribution in [1.29, 1.82) is 0 Å². The van der Waals surface area contributed by atoms with Gasteiger partial charge in [-0.1, -0.05) is 62.2 Å². The zero-order valence-electron chi connectivity index (χ0n) is 24.7. The van der Waals surface area contributed by atoms with Gasteiger partial charge in [-0.15, -0.1) is 0 Å². The Morgan fingerprint density at radius 1 is 0.805 bits per heavy atom. The minimum absolute atomic E-state index is 0.0795. The number of carbonyl (C=O) groups is 5. The van der Waals surface area contributed by atoms with Crippen molar-refractivity contribution in [3.63, 3.8) is 0 Å². The molecule has 1 aromatic rings. The predicted molar refractivity (Wildman–Crippen MR) is 164 cm³/mol. The lowest BCUT2D eigenvalue weighted by molar-refractivity contribution is -0.132. The third-order valence-electron chi connectivity index (χ3n) is 6.26. The number of alkyl halides is 1. The zero-order valence-corrected chi connectivity index (χ0v) is 26.3. The molecule has 0 saturated carbocycles. The van der Waals surface area contributed by atoms with Crippen LogP contribution in [0.1, 0.15) is 71.8 Å². The molecule has 7 N–H and O–H groups in total. The Bertz CT molecular complexity index is 986. The number of nitrogens with one attached hydrogen (secondary N) is 5. The fourth-order valence-corrected chi connectivity index (χ4v) is 4.31. The summed E-state index contributed by atoms with van der Waals surface area (Å²) in [7, 11) is 0. The minimum Gasteiger partial charge on any atom is -0.355 e. The highest BCUT2D eigenvalue weighted by Crippen LogP contribution is 2.14. The van der Waals surface area contributed by atoms with Crippen molar-refractivity contribution in [2.75, 3.05) is 23.7 Å². The Hall–Kier alpha value is -3.15. The van der Waals surface area contributed by atoms with Crippen molar-refractivity contribution in [2.45, 2.75) is 84.7 Å². The molecule has 0 aromatic heterocycles. The highest BCUT2D eigenvalue weighted by atomic mass is 79.9. The molecule has 1 unspecified atom stereocenters. The summed E-state index contributed by atoms with van der Waals surface area (Å²) in [6.45, 7) is 8.72. The molecule has 0 fully saturated rings. The molecule has 41 heavy (non-hydrogen) atoms. The van der Waals surface area contributed by atoms with E-state index in [2.05, 4.69) is 56.4 Å². The summed E-state index contributed by atoms with van der Waals surface area (Å²) < 4.78 is 0. The first-order valence-electron chi connectivity index (χ1n) is 14.3. The van der Waals surface area contributed by atoms with E-state index < -0.39 is 29.9 Å². The van der Waals surface area contributed by atoms with E-state index in [-0.39, 0.29) is 42.4 Å². The largest absolute Gasteiger partial charge is 0.355 e. The second kappa shape index (κ2) is 19.8. The maximum absolute atomic E-state index is 13.2. The van der Waals surface area contributed by atoms with E-state index in [4.69, 9.17) is 5.73 Å². The van der Waals surface area contributed by atoms with Gasteiger partial charge < -0.3 is 32.3 Å². The Labute approximate surface area is 252 Å². The molecule has 1 aromatic carbocycles. The van der Waals surface area contributed by atoms with Crippen LogP contribution in [0.5, 0.6) is 0 Å². The molecule has 0 radical (unpaired) electrons. The average molecular weight is 640 g/mol. The van der Waals surface area contributed by atoms with Crippen molar-refractivity contribution in [1.82, 2.24) is 21.3 Å². The van der Waals surface area contributed by atoms with Crippen LogP contribution in [-0.2, 0) is 25.6 Å². The molecule has 0 spiro atoms. The van der Waals surface area contributed by atoms with E-state index in [1.165, 1.54) is 0 Å². The van der Waals surface area contributed by atoms with Gasteiger partial charge in [-0.25, -0.2) is 4.79 Å². The molecular weight excluding hydrogens is 592 g/mol. The summed E-state index contributed by atoms with van der Waals surface area (Å²) in [5, 5.41) is 14.0. The number of benzene rings is 1. The highest BCUT2D eigenvalue weighted by Gasteiger charge is 2.28. The number of anilines is 1. The quantitative estimate of drug-likeness (QED) is 0.101. The third-order valence-corrected chi connectivity index (χ3v) is 6.77. The standard InChI is InChI=1S/C29H47BrN6O5/c1-19(2)17-21-11-13-22(14-12-21)34-27(39)23(9-8-16-33-29(31)41)35-28(40)26(20(3)4)36-24(37)10-6-5-7-15-32-25(38)18-30/h11-14,19-20,23,26H,5-10,15-18H2,1-4H3,(H,32,38)(H,34,39)(H,35,40)(H,36,37)(H3,31,33,41)/t23-,26?/m0/s1. The molecule has 12 heteroatoms. The van der Waals surface area contributed by atoms with Gasteiger partial charge in [0, 0.05) is 25.2 Å². The van der Waals surface area contributed by atoms with Gasteiger partial charge in [-0.2, -0.15) is 0 Å². The average Bonchev–Trinajstić information content (AvgIpc) is 2.91. The number of hydrogen-bond acceptors (Lipinski definition) is 5. The van der Waals surface area contributed by atoms with Crippen LogP contribution in [0.4, 0.5) is 10.5 Å². The molecule has 0 bridgehead atoms. The topological polar surface area (TPSA) is 172 Å². The number of urea groups is 1. The fourth-order valence-electron chi connectivity index (χ4n) is 4.12. The van der Waals surface area contributed by atoms with Gasteiger partial charge in [0.2, 0.25) is 23.6 Å². The summed E-state index contributed by atoms with van der Waals surface area (Å²) in [5.74, 6) is -0.888. The maximum Gasteiger partial charge on any atom is 0.312 e. The summed E-state index contributed by atoms with van der Waals surface area (Å²) in [5.41, 5.74) is 6.91. The van der Waals surface area contributed by atoms with Gasteiger partial charge in [0.05, 0.1) is 5.33 Å². The van der Waals surface area contributed by atoms with Crippen LogP contribution in [-0.4, -0.2) is 60.2 Å². The van der Waals surface area contributed by atoms with Gasteiger partial charge in [-0.3, -0.25) is 19.2 Å². The lowest BCUT2D eigenvalue weighted by Gasteiger charge is -2.25. The minimum atomic E-state index is -0.889. The molecule has 230 valence electrons. The fraction of sp³-hybridized carbons (Fsp3) is 0.621. The van der Waals surface area contributed by atoms with E-state index in [0.29, 0.717) is 31.0 Å². The summed E-state index contributed by atoms with van der Waals surface area (Å²) in [4.78, 5) is 61.3. The molecule has 0 aliphatic rings. The van der Waals surface area contributed by atoms with E-state index in [1.54, 1.807) is 0 Å². The number of nitrogens with two attached hydrogens (primary N) is 1. The van der Waals surface area contributed by atoms with Gasteiger partial charge >= 0.3 is 6.03 Å². The lowest BCUT2D eigenvalue weighted by Crippen LogP contribution is -2.54. The van der Waals surface area contributed by atoms with E-state index in [9.17, 15) is 24.0 Å². The van der Waals surface area contributed by atoms with E-state index in [1.807, 2.05) is 38.1 Å². The summed E-state index contributed by atoms with van der Waals surface area (Å²) in [6, 6.07) is 5.21. The van der Waals surface area contributed by atoms with Crippen LogP contribution in [0, 0.1) is 11.8 Å². The summed E-state index contributed by atoms with van der Waals surface area (Å²) in [6.07, 6.45) is 3.97. The van der Waals surface area contributed by atoms with E-state index in [0.717, 1.165) is 24.8 Å². The van der Waals surface area contributed by atoms with Crippen LogP contribution in [0.2, 0.25) is 0 Å². The van der Waals surface area contributed by atoms with Crippen molar-refractivity contribution in [3.8, 4) is 0 Å². The Morgan fingerprint density at radius 2 is 1.46 bits per heavy atom. The molecule has 0 heterocycles. The molecular formula is C29H47BrN6O5. The normalized spacial score (nSPS) is 12.4. The van der Waals surface area contributed by atoms with E-state index >= 15 is 0 Å². The van der Waals surface area contributed by atoms with Crippen LogP contribution < -0.4 is 32.3 Å². The second-order valence-corrected chi connectivity index (χ2v) is 11.4. The third kappa shape index (κ3) is 16.0. The Morgan fingerprint density at radius 3 is 2.05 bits per heavy atom. The van der Waals surface area contributed by atoms with Crippen molar-refractivity contribution in [2.24, 2.45) is 17.6 Å². The number of halogens is 1. The SMILES string of the molecule is CC(C)Cc1ccc(NC(=O)[C@H](CCCNC(N)=O)NC(=O)C(NC(=O)CCCCCNC(=O)CBr)C(C)C)cc1. The van der Waals surface area contributed by atoms with Gasteiger partial charge in [-0.05, 0) is 61.6 Å². The second-order valence-electron chi connectivity index (χ2n) is 10.9. The van der Waals surface area contributed by atoms with Crippen LogP contribution in [0.3, 0.4) is 0 Å². The zero-order chi connectivity index (χ0) is 30.8. The van der Waals surface area contributed by atoms with Crippen LogP contribution in [0.25, 0.3) is 0 Å². The summed E-state index contributed by atoms with van der Waals surface area (Å²) >= 11 is 3.09. The molecule has 11 nitrogen and oxygen atoms in total. The highest BCUT2D eigenvalue weighted by molar-refractivity contribution is 9.09. The molecule has 2 atom stereocenters. The van der Waals surface area contributed by atoms with Crippen molar-refractivity contribution in [3.05, 3.63) is 29.8 Å². The number of rotatable bonds is 19. The van der Waals surface area contributed by atoms with Crippen LogP contribution >= 0.6 is 15.9 Å². The number of hydrogen-bond donors (Lipinski definition) is 6. The first-order chi connectivity index (χ1) is 19.4. The molecule has 1 rings (SSSR count). The van der Waals surface area contributed by atoms with Crippen molar-refractivity contribution < 1.29 is 24.0 Å². The Balaban J connectivity index is 2.77. The molecule has 0 aliphatic carbocycles. The predicted octanol–water partition coefficient (Wildman–Crippen LogP) is 2.97. The number of carbonyl (C=O) groups excluding carboxylic acids is 5. The molecule has 6 amide bonds. The Kier molecular flexibility index (Phi) is 17.4. The van der Waals surface area contributed by atoms with Crippen molar-refractivity contribution >= 4 is 51.3 Å². The van der Waals surface area contributed by atoms with Gasteiger partial charge in [0.25, 0.3) is 0 Å². The smallest absolute Gasteiger partial charge is 0.312 e. The van der Waals surface area contributed by atoms with Gasteiger partial charge in [0.15, 0.2) is 0 Å². The first-order valence-corrected chi connectivity index (χ1v) is 15.4. The molecule has 0 saturated heterocycles. The van der Waals surface area contributed by atoms with Crippen LogP contribution in [0.15, 0.2) is 24.3 Å².